The number of anilines is 1. The van der Waals surface area contributed by atoms with Crippen LogP contribution in [-0.4, -0.2) is 5.91 Å². The summed E-state index contributed by atoms with van der Waals surface area (Å²) in [6.07, 6.45) is 2.13. The number of benzene rings is 2. The molecule has 2 rings (SSSR count). The fourth-order valence-corrected chi connectivity index (χ4v) is 3.13. The topological polar surface area (TPSA) is 29.1 Å². The molecular weight excluding hydrogens is 306 g/mol. The molecule has 1 amide bonds. The SMILES string of the molecule is CCc1ccc(Cl)c(CC)c1NC(=O)CC(C)c1ccccc1. The van der Waals surface area contributed by atoms with Crippen LogP contribution in [0.1, 0.15) is 49.8 Å². The van der Waals surface area contributed by atoms with E-state index in [0.717, 1.165) is 34.7 Å². The van der Waals surface area contributed by atoms with Crippen molar-refractivity contribution >= 4 is 23.2 Å². The number of aryl methyl sites for hydroxylation is 1. The maximum absolute atomic E-state index is 12.5. The number of rotatable bonds is 6. The zero-order valence-corrected chi connectivity index (χ0v) is 14.8. The van der Waals surface area contributed by atoms with E-state index >= 15 is 0 Å². The smallest absolute Gasteiger partial charge is 0.224 e. The second-order valence-corrected chi connectivity index (χ2v) is 6.24. The number of nitrogens with one attached hydrogen (secondary N) is 1. The van der Waals surface area contributed by atoms with Gasteiger partial charge in [0.25, 0.3) is 0 Å². The van der Waals surface area contributed by atoms with Gasteiger partial charge in [-0.2, -0.15) is 0 Å². The van der Waals surface area contributed by atoms with Crippen LogP contribution in [0, 0.1) is 0 Å². The zero-order chi connectivity index (χ0) is 16.8. The lowest BCUT2D eigenvalue weighted by molar-refractivity contribution is -0.116. The molecule has 0 aliphatic carbocycles. The van der Waals surface area contributed by atoms with Crippen LogP contribution in [0.4, 0.5) is 5.69 Å². The van der Waals surface area contributed by atoms with Gasteiger partial charge in [-0.05, 0) is 41.5 Å². The van der Waals surface area contributed by atoms with E-state index in [1.165, 1.54) is 5.56 Å². The van der Waals surface area contributed by atoms with Crippen molar-refractivity contribution in [2.24, 2.45) is 0 Å². The van der Waals surface area contributed by atoms with Crippen LogP contribution in [0.2, 0.25) is 5.02 Å². The molecule has 3 heteroatoms. The Bertz CT molecular complexity index is 667. The predicted molar refractivity (Wildman–Crippen MR) is 98.3 cm³/mol. The molecule has 0 spiro atoms. The Morgan fingerprint density at radius 3 is 2.39 bits per heavy atom. The monoisotopic (exact) mass is 329 g/mol. The second-order valence-electron chi connectivity index (χ2n) is 5.83. The average Bonchev–Trinajstić information content (AvgIpc) is 2.56. The highest BCUT2D eigenvalue weighted by atomic mass is 35.5. The van der Waals surface area contributed by atoms with E-state index in [0.29, 0.717) is 6.42 Å². The van der Waals surface area contributed by atoms with Crippen LogP contribution in [0.25, 0.3) is 0 Å². The molecule has 2 nitrogen and oxygen atoms in total. The van der Waals surface area contributed by atoms with E-state index in [-0.39, 0.29) is 11.8 Å². The highest BCUT2D eigenvalue weighted by molar-refractivity contribution is 6.32. The third-order valence-electron chi connectivity index (χ3n) is 4.20. The predicted octanol–water partition coefficient (Wildman–Crippen LogP) is 5.60. The minimum Gasteiger partial charge on any atom is -0.326 e. The molecule has 0 aliphatic rings. The van der Waals surface area contributed by atoms with Gasteiger partial charge in [0, 0.05) is 17.1 Å². The molecule has 0 fully saturated rings. The summed E-state index contributed by atoms with van der Waals surface area (Å²) in [4.78, 5) is 12.5. The summed E-state index contributed by atoms with van der Waals surface area (Å²) in [7, 11) is 0. The summed E-state index contributed by atoms with van der Waals surface area (Å²) >= 11 is 6.29. The molecule has 2 aromatic carbocycles. The molecule has 2 aromatic rings. The summed E-state index contributed by atoms with van der Waals surface area (Å²) < 4.78 is 0. The molecule has 0 radical (unpaired) electrons. The lowest BCUT2D eigenvalue weighted by Crippen LogP contribution is -2.17. The van der Waals surface area contributed by atoms with Crippen molar-refractivity contribution < 1.29 is 4.79 Å². The van der Waals surface area contributed by atoms with Crippen molar-refractivity contribution in [1.82, 2.24) is 0 Å². The fraction of sp³-hybridized carbons (Fsp3) is 0.350. The average molecular weight is 330 g/mol. The van der Waals surface area contributed by atoms with Crippen molar-refractivity contribution in [3.63, 3.8) is 0 Å². The van der Waals surface area contributed by atoms with Gasteiger partial charge >= 0.3 is 0 Å². The van der Waals surface area contributed by atoms with Crippen LogP contribution in [0.3, 0.4) is 0 Å². The maximum Gasteiger partial charge on any atom is 0.224 e. The number of hydrogen-bond donors (Lipinski definition) is 1. The van der Waals surface area contributed by atoms with Gasteiger partial charge in [-0.15, -0.1) is 0 Å². The van der Waals surface area contributed by atoms with Crippen molar-refractivity contribution in [2.45, 2.75) is 46.0 Å². The van der Waals surface area contributed by atoms with E-state index in [2.05, 4.69) is 38.2 Å². The molecule has 0 aliphatic heterocycles. The van der Waals surface area contributed by atoms with Gasteiger partial charge in [0.05, 0.1) is 0 Å². The molecule has 0 saturated carbocycles. The fourth-order valence-electron chi connectivity index (χ4n) is 2.83. The first-order chi connectivity index (χ1) is 11.1. The largest absolute Gasteiger partial charge is 0.326 e. The van der Waals surface area contributed by atoms with Crippen molar-refractivity contribution in [1.29, 1.82) is 0 Å². The lowest BCUT2D eigenvalue weighted by Gasteiger charge is -2.17. The van der Waals surface area contributed by atoms with Crippen molar-refractivity contribution in [3.05, 3.63) is 64.2 Å². The Morgan fingerprint density at radius 1 is 1.09 bits per heavy atom. The highest BCUT2D eigenvalue weighted by Crippen LogP contribution is 2.30. The Balaban J connectivity index is 2.15. The minimum absolute atomic E-state index is 0.0352. The van der Waals surface area contributed by atoms with Crippen LogP contribution >= 0.6 is 11.6 Å². The van der Waals surface area contributed by atoms with E-state index in [1.54, 1.807) is 0 Å². The van der Waals surface area contributed by atoms with E-state index < -0.39 is 0 Å². The Kier molecular flexibility index (Phi) is 6.23. The van der Waals surface area contributed by atoms with Crippen LogP contribution in [-0.2, 0) is 17.6 Å². The van der Waals surface area contributed by atoms with Crippen molar-refractivity contribution in [2.75, 3.05) is 5.32 Å². The molecule has 122 valence electrons. The molecule has 1 unspecified atom stereocenters. The van der Waals surface area contributed by atoms with E-state index in [1.807, 2.05) is 30.3 Å². The number of hydrogen-bond acceptors (Lipinski definition) is 1. The number of halogens is 1. The number of carbonyl (C=O) groups is 1. The summed E-state index contributed by atoms with van der Waals surface area (Å²) in [5.74, 6) is 0.221. The van der Waals surface area contributed by atoms with Gasteiger partial charge in [-0.1, -0.05) is 68.8 Å². The standard InChI is InChI=1S/C20H24ClNO/c1-4-15-11-12-18(21)17(5-2)20(15)22-19(23)13-14(3)16-9-7-6-8-10-16/h6-12,14H,4-5,13H2,1-3H3,(H,22,23). The molecule has 0 aromatic heterocycles. The summed E-state index contributed by atoms with van der Waals surface area (Å²) in [5.41, 5.74) is 4.23. The van der Waals surface area contributed by atoms with Gasteiger partial charge in [0.15, 0.2) is 0 Å². The molecular formula is C20H24ClNO. The maximum atomic E-state index is 12.5. The summed E-state index contributed by atoms with van der Waals surface area (Å²) in [5, 5.41) is 3.82. The zero-order valence-electron chi connectivity index (χ0n) is 14.0. The van der Waals surface area contributed by atoms with Gasteiger partial charge in [0.1, 0.15) is 0 Å². The van der Waals surface area contributed by atoms with Gasteiger partial charge < -0.3 is 5.32 Å². The molecule has 1 atom stereocenters. The van der Waals surface area contributed by atoms with Gasteiger partial charge in [-0.25, -0.2) is 0 Å². The quantitative estimate of drug-likeness (QED) is 0.734. The molecule has 23 heavy (non-hydrogen) atoms. The molecule has 0 saturated heterocycles. The lowest BCUT2D eigenvalue weighted by atomic mass is 9.97. The first kappa shape index (κ1) is 17.6. The molecule has 0 bridgehead atoms. The number of amides is 1. The highest BCUT2D eigenvalue weighted by Gasteiger charge is 2.16. The Labute approximate surface area is 143 Å². The third kappa shape index (κ3) is 4.35. The van der Waals surface area contributed by atoms with Crippen molar-refractivity contribution in [3.8, 4) is 0 Å². The normalized spacial score (nSPS) is 12.0. The van der Waals surface area contributed by atoms with Crippen LogP contribution in [0.15, 0.2) is 42.5 Å². The third-order valence-corrected chi connectivity index (χ3v) is 4.56. The number of carbonyl (C=O) groups excluding carboxylic acids is 1. The molecule has 0 heterocycles. The summed E-state index contributed by atoms with van der Waals surface area (Å²) in [6.45, 7) is 6.22. The Hall–Kier alpha value is -1.80. The minimum atomic E-state index is 0.0352. The second kappa shape index (κ2) is 8.16. The van der Waals surface area contributed by atoms with Crippen LogP contribution in [0.5, 0.6) is 0 Å². The molecule has 1 N–H and O–H groups in total. The first-order valence-electron chi connectivity index (χ1n) is 8.21. The van der Waals surface area contributed by atoms with E-state index in [4.69, 9.17) is 11.6 Å². The van der Waals surface area contributed by atoms with Crippen LogP contribution < -0.4 is 5.32 Å². The first-order valence-corrected chi connectivity index (χ1v) is 8.59. The van der Waals surface area contributed by atoms with E-state index in [9.17, 15) is 4.79 Å². The van der Waals surface area contributed by atoms with Gasteiger partial charge in [0.2, 0.25) is 5.91 Å². The Morgan fingerprint density at radius 2 is 1.78 bits per heavy atom. The van der Waals surface area contributed by atoms with Gasteiger partial charge in [-0.3, -0.25) is 4.79 Å². The summed E-state index contributed by atoms with van der Waals surface area (Å²) in [6, 6.07) is 14.0.